The molecular weight excluding hydrogens is 289 g/mol. The third-order valence-corrected chi connectivity index (χ3v) is 3.54. The number of benzene rings is 2. The summed E-state index contributed by atoms with van der Waals surface area (Å²) in [5.41, 5.74) is 8.06. The van der Waals surface area contributed by atoms with E-state index in [1.54, 1.807) is 12.1 Å². The van der Waals surface area contributed by atoms with E-state index in [0.717, 1.165) is 16.9 Å². The Bertz CT molecular complexity index is 603. The summed E-state index contributed by atoms with van der Waals surface area (Å²) in [5, 5.41) is 0.134. The van der Waals surface area contributed by atoms with Gasteiger partial charge in [0.25, 0.3) is 0 Å². The molecule has 0 aliphatic rings. The van der Waals surface area contributed by atoms with Crippen LogP contribution in [0.3, 0.4) is 0 Å². The van der Waals surface area contributed by atoms with Crippen LogP contribution in [-0.4, -0.2) is 12.6 Å². The van der Waals surface area contributed by atoms with Crippen molar-refractivity contribution in [2.45, 2.75) is 25.8 Å². The Balaban J connectivity index is 1.79. The van der Waals surface area contributed by atoms with E-state index in [1.807, 2.05) is 31.2 Å². The van der Waals surface area contributed by atoms with Crippen LogP contribution in [0.4, 0.5) is 4.39 Å². The number of nitrogens with two attached hydrogens (primary N) is 1. The Morgan fingerprint density at radius 1 is 1.24 bits per heavy atom. The van der Waals surface area contributed by atoms with Crippen molar-refractivity contribution in [3.8, 4) is 5.75 Å². The van der Waals surface area contributed by atoms with Crippen LogP contribution < -0.4 is 10.5 Å². The fraction of sp³-hybridized carbons (Fsp3) is 0.294. The fourth-order valence-electron chi connectivity index (χ4n) is 2.10. The summed E-state index contributed by atoms with van der Waals surface area (Å²) in [4.78, 5) is 0. The minimum atomic E-state index is -0.405. The maximum atomic E-state index is 13.3. The molecule has 1 unspecified atom stereocenters. The molecule has 0 saturated heterocycles. The predicted molar refractivity (Wildman–Crippen MR) is 84.4 cm³/mol. The molecule has 4 heteroatoms. The van der Waals surface area contributed by atoms with Crippen molar-refractivity contribution < 1.29 is 9.13 Å². The largest absolute Gasteiger partial charge is 0.494 e. The first kappa shape index (κ1) is 15.8. The second-order valence-electron chi connectivity index (χ2n) is 5.17. The van der Waals surface area contributed by atoms with Crippen molar-refractivity contribution in [2.75, 3.05) is 6.61 Å². The van der Waals surface area contributed by atoms with E-state index in [-0.39, 0.29) is 11.1 Å². The molecule has 0 amide bonds. The zero-order valence-corrected chi connectivity index (χ0v) is 12.7. The summed E-state index contributed by atoms with van der Waals surface area (Å²) in [6.07, 6.45) is 1.31. The van der Waals surface area contributed by atoms with E-state index in [1.165, 1.54) is 6.07 Å². The smallest absolute Gasteiger partial charge is 0.142 e. The molecule has 0 aliphatic carbocycles. The molecule has 2 N–H and O–H groups in total. The molecule has 0 bridgehead atoms. The van der Waals surface area contributed by atoms with Crippen LogP contribution in [0.15, 0.2) is 42.5 Å². The molecule has 0 saturated carbocycles. The summed E-state index contributed by atoms with van der Waals surface area (Å²) in [5.74, 6) is 0.442. The Labute approximate surface area is 129 Å². The molecular formula is C17H19ClFNO. The first-order valence-electron chi connectivity index (χ1n) is 6.93. The fourth-order valence-corrected chi connectivity index (χ4v) is 2.22. The van der Waals surface area contributed by atoms with Crippen molar-refractivity contribution in [1.29, 1.82) is 0 Å². The van der Waals surface area contributed by atoms with Gasteiger partial charge >= 0.3 is 0 Å². The zero-order valence-electron chi connectivity index (χ0n) is 12.0. The van der Waals surface area contributed by atoms with Crippen molar-refractivity contribution in [1.82, 2.24) is 0 Å². The van der Waals surface area contributed by atoms with Crippen LogP contribution in [0.5, 0.6) is 5.75 Å². The van der Waals surface area contributed by atoms with Gasteiger partial charge in [0.15, 0.2) is 0 Å². The lowest BCUT2D eigenvalue weighted by Crippen LogP contribution is -2.25. The predicted octanol–water partition coefficient (Wildman–Crippen LogP) is 4.13. The average molecular weight is 308 g/mol. The van der Waals surface area contributed by atoms with Gasteiger partial charge in [-0.25, -0.2) is 4.39 Å². The molecule has 21 heavy (non-hydrogen) atoms. The third kappa shape index (κ3) is 5.03. The minimum Gasteiger partial charge on any atom is -0.494 e. The molecule has 1 atom stereocenters. The SMILES string of the molecule is Cc1cccc(OCCC(N)Cc2ccc(Cl)c(F)c2)c1. The van der Waals surface area contributed by atoms with Gasteiger partial charge < -0.3 is 10.5 Å². The van der Waals surface area contributed by atoms with Gasteiger partial charge in [-0.15, -0.1) is 0 Å². The van der Waals surface area contributed by atoms with E-state index in [2.05, 4.69) is 0 Å². The molecule has 112 valence electrons. The van der Waals surface area contributed by atoms with Crippen molar-refractivity contribution >= 4 is 11.6 Å². The number of rotatable bonds is 6. The summed E-state index contributed by atoms with van der Waals surface area (Å²) >= 11 is 5.66. The lowest BCUT2D eigenvalue weighted by Gasteiger charge is -2.13. The van der Waals surface area contributed by atoms with Crippen molar-refractivity contribution in [2.24, 2.45) is 5.73 Å². The van der Waals surface area contributed by atoms with Crippen LogP contribution in [0.25, 0.3) is 0 Å². The molecule has 0 aromatic heterocycles. The van der Waals surface area contributed by atoms with E-state index < -0.39 is 5.82 Å². The number of hydrogen-bond donors (Lipinski definition) is 1. The maximum absolute atomic E-state index is 13.3. The van der Waals surface area contributed by atoms with Crippen LogP contribution in [0.1, 0.15) is 17.5 Å². The summed E-state index contributed by atoms with van der Waals surface area (Å²) < 4.78 is 19.0. The monoisotopic (exact) mass is 307 g/mol. The summed E-state index contributed by atoms with van der Waals surface area (Å²) in [6.45, 7) is 2.56. The normalized spacial score (nSPS) is 12.2. The molecule has 0 radical (unpaired) electrons. The Morgan fingerprint density at radius 2 is 2.05 bits per heavy atom. The van der Waals surface area contributed by atoms with Gasteiger partial charge in [0.2, 0.25) is 0 Å². The molecule has 2 nitrogen and oxygen atoms in total. The van der Waals surface area contributed by atoms with Gasteiger partial charge in [0.05, 0.1) is 11.6 Å². The summed E-state index contributed by atoms with van der Waals surface area (Å²) in [6, 6.07) is 12.6. The molecule has 0 aliphatic heterocycles. The number of halogens is 2. The van der Waals surface area contributed by atoms with E-state index in [4.69, 9.17) is 22.1 Å². The molecule has 2 aromatic rings. The van der Waals surface area contributed by atoms with Gasteiger partial charge in [-0.05, 0) is 55.2 Å². The van der Waals surface area contributed by atoms with Crippen molar-refractivity contribution in [3.05, 3.63) is 64.4 Å². The molecule has 0 heterocycles. The molecule has 0 spiro atoms. The van der Waals surface area contributed by atoms with Gasteiger partial charge in [-0.3, -0.25) is 0 Å². The standard InChI is InChI=1S/C17H19ClFNO/c1-12-3-2-4-15(9-12)21-8-7-14(20)10-13-5-6-16(18)17(19)11-13/h2-6,9,11,14H,7-8,10,20H2,1H3. The second-order valence-corrected chi connectivity index (χ2v) is 5.57. The lowest BCUT2D eigenvalue weighted by molar-refractivity contribution is 0.297. The highest BCUT2D eigenvalue weighted by Crippen LogP contribution is 2.17. The van der Waals surface area contributed by atoms with Gasteiger partial charge in [0.1, 0.15) is 11.6 Å². The first-order valence-corrected chi connectivity index (χ1v) is 7.31. The topological polar surface area (TPSA) is 35.2 Å². The minimum absolute atomic E-state index is 0.0737. The second kappa shape index (κ2) is 7.43. The lowest BCUT2D eigenvalue weighted by atomic mass is 10.0. The highest BCUT2D eigenvalue weighted by Gasteiger charge is 2.07. The maximum Gasteiger partial charge on any atom is 0.142 e. The van der Waals surface area contributed by atoms with Crippen LogP contribution >= 0.6 is 11.6 Å². The first-order chi connectivity index (χ1) is 10.0. The molecule has 2 rings (SSSR count). The van der Waals surface area contributed by atoms with Crippen LogP contribution in [0.2, 0.25) is 5.02 Å². The van der Waals surface area contributed by atoms with Gasteiger partial charge in [0, 0.05) is 6.04 Å². The third-order valence-electron chi connectivity index (χ3n) is 3.23. The van der Waals surface area contributed by atoms with E-state index >= 15 is 0 Å². The molecule has 2 aromatic carbocycles. The summed E-state index contributed by atoms with van der Waals surface area (Å²) in [7, 11) is 0. The highest BCUT2D eigenvalue weighted by molar-refractivity contribution is 6.30. The quantitative estimate of drug-likeness (QED) is 0.871. The van der Waals surface area contributed by atoms with Crippen LogP contribution in [0, 0.1) is 12.7 Å². The highest BCUT2D eigenvalue weighted by atomic mass is 35.5. The van der Waals surface area contributed by atoms with Crippen LogP contribution in [-0.2, 0) is 6.42 Å². The van der Waals surface area contributed by atoms with E-state index in [0.29, 0.717) is 19.4 Å². The Kier molecular flexibility index (Phi) is 5.59. The number of ether oxygens (including phenoxy) is 1. The van der Waals surface area contributed by atoms with E-state index in [9.17, 15) is 4.39 Å². The average Bonchev–Trinajstić information content (AvgIpc) is 2.43. The Morgan fingerprint density at radius 3 is 2.76 bits per heavy atom. The number of hydrogen-bond acceptors (Lipinski definition) is 2. The van der Waals surface area contributed by atoms with Crippen molar-refractivity contribution in [3.63, 3.8) is 0 Å². The van der Waals surface area contributed by atoms with Gasteiger partial charge in [-0.2, -0.15) is 0 Å². The zero-order chi connectivity index (χ0) is 15.2. The molecule has 0 fully saturated rings. The Hall–Kier alpha value is -1.58. The van der Waals surface area contributed by atoms with Gasteiger partial charge in [-0.1, -0.05) is 29.8 Å². The number of aryl methyl sites for hydroxylation is 1.